The summed E-state index contributed by atoms with van der Waals surface area (Å²) in [6.07, 6.45) is 0.341. The highest BCUT2D eigenvalue weighted by Gasteiger charge is 2.48. The quantitative estimate of drug-likeness (QED) is 0.475. The first-order valence-electron chi connectivity index (χ1n) is 8.76. The van der Waals surface area contributed by atoms with Crippen LogP contribution in [0.4, 0.5) is 0 Å². The summed E-state index contributed by atoms with van der Waals surface area (Å²) in [5.74, 6) is 0.882. The molecule has 2 rings (SSSR count). The second-order valence-electron chi connectivity index (χ2n) is 7.50. The zero-order chi connectivity index (χ0) is 17.2. The smallest absolute Gasteiger partial charge is 0.200 e. The lowest BCUT2D eigenvalue weighted by atomic mass is 10.1. The molecule has 0 bridgehead atoms. The van der Waals surface area contributed by atoms with Crippen LogP contribution >= 0.6 is 0 Å². The van der Waals surface area contributed by atoms with Crippen molar-refractivity contribution in [1.82, 2.24) is 0 Å². The average Bonchev–Trinajstić information content (AvgIpc) is 3.26. The van der Waals surface area contributed by atoms with Crippen LogP contribution < -0.4 is 4.74 Å². The van der Waals surface area contributed by atoms with Crippen molar-refractivity contribution in [2.75, 3.05) is 13.7 Å². The molecule has 1 fully saturated rings. The molecule has 2 atom stereocenters. The SMILES string of the molecule is COc1cccc([C@@H]2O[C@H]2CO[Si](C(C)C)(C(C)C)C(C)C)c1. The third-order valence-corrected chi connectivity index (χ3v) is 11.3. The summed E-state index contributed by atoms with van der Waals surface area (Å²) in [4.78, 5) is 0. The fourth-order valence-electron chi connectivity index (χ4n) is 4.11. The van der Waals surface area contributed by atoms with Crippen molar-refractivity contribution in [2.24, 2.45) is 0 Å². The summed E-state index contributed by atoms with van der Waals surface area (Å²) in [5, 5.41) is 0. The molecule has 23 heavy (non-hydrogen) atoms. The second kappa shape index (κ2) is 7.37. The maximum Gasteiger partial charge on any atom is 0.200 e. The molecule has 0 unspecified atom stereocenters. The van der Waals surface area contributed by atoms with Crippen LogP contribution in [0.15, 0.2) is 24.3 Å². The van der Waals surface area contributed by atoms with Crippen molar-refractivity contribution in [3.8, 4) is 5.75 Å². The van der Waals surface area contributed by atoms with Gasteiger partial charge in [-0.15, -0.1) is 0 Å². The molecule has 4 heteroatoms. The predicted octanol–water partition coefficient (Wildman–Crippen LogP) is 5.33. The maximum absolute atomic E-state index is 6.63. The van der Waals surface area contributed by atoms with Crippen molar-refractivity contribution in [1.29, 1.82) is 0 Å². The van der Waals surface area contributed by atoms with Gasteiger partial charge >= 0.3 is 0 Å². The lowest BCUT2D eigenvalue weighted by Gasteiger charge is -2.42. The molecule has 0 N–H and O–H groups in total. The van der Waals surface area contributed by atoms with E-state index in [4.69, 9.17) is 13.9 Å². The van der Waals surface area contributed by atoms with Crippen LogP contribution in [0.25, 0.3) is 0 Å². The third kappa shape index (κ3) is 3.81. The number of rotatable bonds is 8. The Kier molecular flexibility index (Phi) is 5.92. The van der Waals surface area contributed by atoms with E-state index in [1.165, 1.54) is 5.56 Å². The summed E-state index contributed by atoms with van der Waals surface area (Å²) < 4.78 is 17.8. The normalized spacial score (nSPS) is 21.3. The zero-order valence-corrected chi connectivity index (χ0v) is 16.6. The average molecular weight is 337 g/mol. The molecule has 1 aromatic rings. The van der Waals surface area contributed by atoms with E-state index in [1.54, 1.807) is 7.11 Å². The van der Waals surface area contributed by atoms with Gasteiger partial charge in [-0.2, -0.15) is 0 Å². The summed E-state index contributed by atoms with van der Waals surface area (Å²) >= 11 is 0. The molecular formula is C19H32O3Si. The Morgan fingerprint density at radius 2 is 1.65 bits per heavy atom. The van der Waals surface area contributed by atoms with Crippen LogP contribution in [-0.4, -0.2) is 28.1 Å². The maximum atomic E-state index is 6.63. The van der Waals surface area contributed by atoms with E-state index >= 15 is 0 Å². The Bertz CT molecular complexity index is 491. The van der Waals surface area contributed by atoms with E-state index in [0.717, 1.165) is 5.75 Å². The molecule has 3 nitrogen and oxygen atoms in total. The van der Waals surface area contributed by atoms with Crippen LogP contribution in [0.5, 0.6) is 5.75 Å². The van der Waals surface area contributed by atoms with Crippen molar-refractivity contribution in [2.45, 2.75) is 70.4 Å². The molecule has 1 saturated heterocycles. The predicted molar refractivity (Wildman–Crippen MR) is 97.6 cm³/mol. The molecule has 0 aromatic heterocycles. The van der Waals surface area contributed by atoms with E-state index in [-0.39, 0.29) is 12.2 Å². The minimum atomic E-state index is -1.80. The van der Waals surface area contributed by atoms with Crippen molar-refractivity contribution in [3.63, 3.8) is 0 Å². The molecule has 1 aliphatic rings. The first kappa shape index (κ1) is 18.5. The molecule has 1 aliphatic heterocycles. The summed E-state index contributed by atoms with van der Waals surface area (Å²) in [6, 6.07) is 8.14. The Morgan fingerprint density at radius 3 is 2.17 bits per heavy atom. The summed E-state index contributed by atoms with van der Waals surface area (Å²) in [6.45, 7) is 14.6. The number of hydrogen-bond donors (Lipinski definition) is 0. The monoisotopic (exact) mass is 336 g/mol. The molecular weight excluding hydrogens is 304 g/mol. The van der Waals surface area contributed by atoms with Gasteiger partial charge in [0.25, 0.3) is 0 Å². The van der Waals surface area contributed by atoms with Crippen LogP contribution in [0.1, 0.15) is 53.2 Å². The van der Waals surface area contributed by atoms with Crippen LogP contribution in [-0.2, 0) is 9.16 Å². The summed E-state index contributed by atoms with van der Waals surface area (Å²) in [7, 11) is -0.108. The standard InChI is InChI=1S/C19H32O3Si/c1-13(2)23(14(3)4,15(5)6)21-12-18-19(22-18)16-9-8-10-17(11-16)20-7/h8-11,13-15,18-19H,12H2,1-7H3/t18-,19-/m0/s1. The largest absolute Gasteiger partial charge is 0.497 e. The van der Waals surface area contributed by atoms with E-state index in [0.29, 0.717) is 23.2 Å². The van der Waals surface area contributed by atoms with Crippen LogP contribution in [0.3, 0.4) is 0 Å². The van der Waals surface area contributed by atoms with Crippen molar-refractivity contribution >= 4 is 8.32 Å². The van der Waals surface area contributed by atoms with E-state index in [1.807, 2.05) is 12.1 Å². The fourth-order valence-corrected chi connectivity index (χ4v) is 9.56. The molecule has 1 heterocycles. The number of methoxy groups -OCH3 is 1. The summed E-state index contributed by atoms with van der Waals surface area (Å²) in [5.41, 5.74) is 3.01. The molecule has 0 amide bonds. The van der Waals surface area contributed by atoms with Gasteiger partial charge in [0.1, 0.15) is 18.0 Å². The van der Waals surface area contributed by atoms with Gasteiger partial charge in [0.05, 0.1) is 13.7 Å². The van der Waals surface area contributed by atoms with Gasteiger partial charge in [0, 0.05) is 0 Å². The zero-order valence-electron chi connectivity index (χ0n) is 15.6. The van der Waals surface area contributed by atoms with Gasteiger partial charge in [-0.3, -0.25) is 0 Å². The molecule has 0 spiro atoms. The van der Waals surface area contributed by atoms with Crippen molar-refractivity contribution in [3.05, 3.63) is 29.8 Å². The first-order valence-corrected chi connectivity index (χ1v) is 10.9. The highest BCUT2D eigenvalue weighted by atomic mass is 28.4. The number of hydrogen-bond acceptors (Lipinski definition) is 3. The lowest BCUT2D eigenvalue weighted by molar-refractivity contribution is 0.235. The first-order chi connectivity index (χ1) is 10.8. The third-order valence-electron chi connectivity index (χ3n) is 5.21. The lowest BCUT2D eigenvalue weighted by Crippen LogP contribution is -2.48. The number of ether oxygens (including phenoxy) is 2. The van der Waals surface area contributed by atoms with Gasteiger partial charge < -0.3 is 13.9 Å². The molecule has 0 aliphatic carbocycles. The van der Waals surface area contributed by atoms with Crippen molar-refractivity contribution < 1.29 is 13.9 Å². The fraction of sp³-hybridized carbons (Fsp3) is 0.684. The Labute approximate surface area is 142 Å². The Hall–Kier alpha value is -0.843. The van der Waals surface area contributed by atoms with Crippen LogP contribution in [0, 0.1) is 0 Å². The van der Waals surface area contributed by atoms with E-state index < -0.39 is 8.32 Å². The van der Waals surface area contributed by atoms with E-state index in [9.17, 15) is 0 Å². The number of epoxide rings is 1. The van der Waals surface area contributed by atoms with Gasteiger partial charge in [0.2, 0.25) is 0 Å². The molecule has 130 valence electrons. The molecule has 0 radical (unpaired) electrons. The van der Waals surface area contributed by atoms with Gasteiger partial charge in [0.15, 0.2) is 8.32 Å². The van der Waals surface area contributed by atoms with Gasteiger partial charge in [-0.25, -0.2) is 0 Å². The minimum Gasteiger partial charge on any atom is -0.497 e. The van der Waals surface area contributed by atoms with Gasteiger partial charge in [-0.05, 0) is 34.3 Å². The Balaban J connectivity index is 2.01. The highest BCUT2D eigenvalue weighted by Crippen LogP contribution is 2.45. The topological polar surface area (TPSA) is 31.0 Å². The van der Waals surface area contributed by atoms with Crippen LogP contribution in [0.2, 0.25) is 16.6 Å². The minimum absolute atomic E-state index is 0.156. The highest BCUT2D eigenvalue weighted by molar-refractivity contribution is 6.77. The molecule has 1 aromatic carbocycles. The number of benzene rings is 1. The second-order valence-corrected chi connectivity index (χ2v) is 13.0. The van der Waals surface area contributed by atoms with Gasteiger partial charge in [-0.1, -0.05) is 53.7 Å². The Morgan fingerprint density at radius 1 is 1.04 bits per heavy atom. The molecule has 0 saturated carbocycles. The van der Waals surface area contributed by atoms with E-state index in [2.05, 4.69) is 53.7 Å².